The van der Waals surface area contributed by atoms with E-state index in [1.807, 2.05) is 6.92 Å². The molecular weight excluding hydrogens is 421 g/mol. The summed E-state index contributed by atoms with van der Waals surface area (Å²) in [5.41, 5.74) is 0.555. The van der Waals surface area contributed by atoms with Gasteiger partial charge in [-0.3, -0.25) is 9.59 Å². The number of nitrogens with one attached hydrogen (secondary N) is 2. The Bertz CT molecular complexity index is 1070. The summed E-state index contributed by atoms with van der Waals surface area (Å²) < 4.78 is 41.4. The molecule has 0 saturated carbocycles. The third-order valence-electron chi connectivity index (χ3n) is 5.08. The van der Waals surface area contributed by atoms with Crippen LogP contribution in [0.25, 0.3) is 0 Å². The molecule has 1 fully saturated rings. The number of carbonyl (C=O) groups excluding carboxylic acids is 2. The van der Waals surface area contributed by atoms with Crippen molar-refractivity contribution in [2.45, 2.75) is 37.5 Å². The summed E-state index contributed by atoms with van der Waals surface area (Å²) in [5.74, 6) is -1.86. The quantitative estimate of drug-likeness (QED) is 0.680. The molecule has 0 bridgehead atoms. The van der Waals surface area contributed by atoms with Gasteiger partial charge in [-0.2, -0.15) is 4.31 Å². The van der Waals surface area contributed by atoms with Crippen molar-refractivity contribution in [3.63, 3.8) is 0 Å². The normalized spacial score (nSPS) is 14.8. The molecule has 0 unspecified atom stereocenters. The van der Waals surface area contributed by atoms with Gasteiger partial charge in [-0.25, -0.2) is 12.8 Å². The number of anilines is 1. The first-order chi connectivity index (χ1) is 14.8. The van der Waals surface area contributed by atoms with Crippen molar-refractivity contribution in [3.8, 4) is 0 Å². The lowest BCUT2D eigenvalue weighted by Crippen LogP contribution is -2.36. The minimum Gasteiger partial charge on any atom is -0.352 e. The number of carbonyl (C=O) groups is 2. The van der Waals surface area contributed by atoms with Crippen molar-refractivity contribution in [3.05, 3.63) is 59.4 Å². The third kappa shape index (κ3) is 5.29. The van der Waals surface area contributed by atoms with Gasteiger partial charge < -0.3 is 10.6 Å². The van der Waals surface area contributed by atoms with Crippen molar-refractivity contribution >= 4 is 27.5 Å². The summed E-state index contributed by atoms with van der Waals surface area (Å²) >= 11 is 0. The first kappa shape index (κ1) is 22.9. The summed E-state index contributed by atoms with van der Waals surface area (Å²) in [7, 11) is -4.04. The molecule has 166 valence electrons. The SMILES string of the molecule is CCCNC(=O)c1ccccc1NC(=O)c1ccc(F)c(S(=O)(=O)N2CCCCC2)c1. The second-order valence-corrected chi connectivity index (χ2v) is 9.27. The molecule has 2 aromatic carbocycles. The Morgan fingerprint density at radius 2 is 1.74 bits per heavy atom. The van der Waals surface area contributed by atoms with Gasteiger partial charge in [0.2, 0.25) is 10.0 Å². The molecule has 31 heavy (non-hydrogen) atoms. The van der Waals surface area contributed by atoms with E-state index in [1.54, 1.807) is 24.3 Å². The Balaban J connectivity index is 1.86. The number of para-hydroxylation sites is 1. The van der Waals surface area contributed by atoms with Gasteiger partial charge in [0, 0.05) is 25.2 Å². The number of nitrogens with zero attached hydrogens (tertiary/aromatic N) is 1. The van der Waals surface area contributed by atoms with E-state index < -0.39 is 26.6 Å². The zero-order valence-corrected chi connectivity index (χ0v) is 18.2. The van der Waals surface area contributed by atoms with Crippen LogP contribution in [0.4, 0.5) is 10.1 Å². The van der Waals surface area contributed by atoms with E-state index in [-0.39, 0.29) is 22.7 Å². The molecule has 2 amide bonds. The van der Waals surface area contributed by atoms with E-state index in [1.165, 1.54) is 10.4 Å². The zero-order chi connectivity index (χ0) is 22.4. The van der Waals surface area contributed by atoms with Gasteiger partial charge in [0.1, 0.15) is 10.7 Å². The highest BCUT2D eigenvalue weighted by atomic mass is 32.2. The summed E-state index contributed by atoms with van der Waals surface area (Å²) in [4.78, 5) is 24.6. The molecule has 1 saturated heterocycles. The van der Waals surface area contributed by atoms with Crippen LogP contribution in [-0.2, 0) is 10.0 Å². The summed E-state index contributed by atoms with van der Waals surface area (Å²) in [6.45, 7) is 3.09. The Kier molecular flexibility index (Phi) is 7.40. The predicted octanol–water partition coefficient (Wildman–Crippen LogP) is 3.39. The van der Waals surface area contributed by atoms with Crippen LogP contribution in [0.2, 0.25) is 0 Å². The van der Waals surface area contributed by atoms with Crippen LogP contribution in [0, 0.1) is 5.82 Å². The molecule has 2 aromatic rings. The number of sulfonamides is 1. The van der Waals surface area contributed by atoms with Gasteiger partial charge in [0.15, 0.2) is 0 Å². The highest BCUT2D eigenvalue weighted by Crippen LogP contribution is 2.25. The van der Waals surface area contributed by atoms with E-state index in [9.17, 15) is 22.4 Å². The maximum Gasteiger partial charge on any atom is 0.255 e. The molecule has 0 radical (unpaired) electrons. The monoisotopic (exact) mass is 447 g/mol. The number of hydrogen-bond acceptors (Lipinski definition) is 4. The van der Waals surface area contributed by atoms with Crippen LogP contribution >= 0.6 is 0 Å². The molecule has 0 spiro atoms. The van der Waals surface area contributed by atoms with Crippen molar-refractivity contribution in [1.82, 2.24) is 9.62 Å². The largest absolute Gasteiger partial charge is 0.352 e. The first-order valence-corrected chi connectivity index (χ1v) is 11.8. The number of amides is 2. The summed E-state index contributed by atoms with van der Waals surface area (Å²) in [5, 5.41) is 5.38. The number of piperidine rings is 1. The molecule has 1 aliphatic rings. The Morgan fingerprint density at radius 1 is 1.03 bits per heavy atom. The van der Waals surface area contributed by atoms with E-state index in [2.05, 4.69) is 10.6 Å². The van der Waals surface area contributed by atoms with Crippen molar-refractivity contribution in [2.24, 2.45) is 0 Å². The Labute approximate surface area is 181 Å². The second kappa shape index (κ2) is 10.0. The van der Waals surface area contributed by atoms with Crippen molar-refractivity contribution in [1.29, 1.82) is 0 Å². The molecule has 3 rings (SSSR count). The Morgan fingerprint density at radius 3 is 2.45 bits per heavy atom. The fourth-order valence-corrected chi connectivity index (χ4v) is 5.01. The van der Waals surface area contributed by atoms with E-state index >= 15 is 0 Å². The van der Waals surface area contributed by atoms with Gasteiger partial charge in [0.25, 0.3) is 11.8 Å². The van der Waals surface area contributed by atoms with Gasteiger partial charge in [-0.05, 0) is 49.6 Å². The number of hydrogen-bond donors (Lipinski definition) is 2. The molecule has 7 nitrogen and oxygen atoms in total. The third-order valence-corrected chi connectivity index (χ3v) is 7.00. The van der Waals surface area contributed by atoms with Crippen LogP contribution < -0.4 is 10.6 Å². The fraction of sp³-hybridized carbons (Fsp3) is 0.364. The maximum absolute atomic E-state index is 14.4. The zero-order valence-electron chi connectivity index (χ0n) is 17.4. The number of halogens is 1. The highest BCUT2D eigenvalue weighted by molar-refractivity contribution is 7.89. The smallest absolute Gasteiger partial charge is 0.255 e. The fourth-order valence-electron chi connectivity index (χ4n) is 3.40. The van der Waals surface area contributed by atoms with E-state index in [0.717, 1.165) is 37.8 Å². The van der Waals surface area contributed by atoms with Gasteiger partial charge in [-0.1, -0.05) is 25.5 Å². The maximum atomic E-state index is 14.4. The number of benzene rings is 2. The van der Waals surface area contributed by atoms with Crippen molar-refractivity contribution in [2.75, 3.05) is 25.0 Å². The Hall–Kier alpha value is -2.78. The van der Waals surface area contributed by atoms with Gasteiger partial charge >= 0.3 is 0 Å². The van der Waals surface area contributed by atoms with Crippen LogP contribution in [0.1, 0.15) is 53.3 Å². The van der Waals surface area contributed by atoms with Crippen LogP contribution in [-0.4, -0.2) is 44.2 Å². The molecule has 1 aliphatic heterocycles. The second-order valence-electron chi connectivity index (χ2n) is 7.37. The molecular formula is C22H26FN3O4S. The minimum absolute atomic E-state index is 0.0132. The lowest BCUT2D eigenvalue weighted by molar-refractivity contribution is 0.0954. The van der Waals surface area contributed by atoms with Crippen LogP contribution in [0.5, 0.6) is 0 Å². The first-order valence-electron chi connectivity index (χ1n) is 10.3. The standard InChI is InChI=1S/C22H26FN3O4S/c1-2-12-24-22(28)17-8-4-5-9-19(17)25-21(27)16-10-11-18(23)20(15-16)31(29,30)26-13-6-3-7-14-26/h4-5,8-11,15H,2-3,6-7,12-14H2,1H3,(H,24,28)(H,25,27). The average molecular weight is 448 g/mol. The van der Waals surface area contributed by atoms with Gasteiger partial charge in [0.05, 0.1) is 11.3 Å². The van der Waals surface area contributed by atoms with Crippen molar-refractivity contribution < 1.29 is 22.4 Å². The molecule has 1 heterocycles. The molecule has 2 N–H and O–H groups in total. The van der Waals surface area contributed by atoms with Crippen LogP contribution in [0.3, 0.4) is 0 Å². The number of rotatable bonds is 7. The lowest BCUT2D eigenvalue weighted by atomic mass is 10.1. The summed E-state index contributed by atoms with van der Waals surface area (Å²) in [6.07, 6.45) is 3.14. The topological polar surface area (TPSA) is 95.6 Å². The molecule has 0 aromatic heterocycles. The highest BCUT2D eigenvalue weighted by Gasteiger charge is 2.29. The van der Waals surface area contributed by atoms with E-state index in [4.69, 9.17) is 0 Å². The predicted molar refractivity (Wildman–Crippen MR) is 116 cm³/mol. The summed E-state index contributed by atoms with van der Waals surface area (Å²) in [6, 6.07) is 9.76. The molecule has 0 aliphatic carbocycles. The lowest BCUT2D eigenvalue weighted by Gasteiger charge is -2.26. The average Bonchev–Trinajstić information content (AvgIpc) is 2.78. The van der Waals surface area contributed by atoms with Crippen LogP contribution in [0.15, 0.2) is 47.4 Å². The molecule has 9 heteroatoms. The van der Waals surface area contributed by atoms with Gasteiger partial charge in [-0.15, -0.1) is 0 Å². The molecule has 0 atom stereocenters. The minimum atomic E-state index is -4.04. The van der Waals surface area contributed by atoms with E-state index in [0.29, 0.717) is 19.6 Å².